The lowest BCUT2D eigenvalue weighted by Crippen LogP contribution is -2.48. The Morgan fingerprint density at radius 3 is 2.38 bits per heavy atom. The fourth-order valence-corrected chi connectivity index (χ4v) is 4.53. The highest BCUT2D eigenvalue weighted by molar-refractivity contribution is 7.89. The monoisotopic (exact) mass is 416 g/mol. The van der Waals surface area contributed by atoms with Gasteiger partial charge in [-0.2, -0.15) is 0 Å². The van der Waals surface area contributed by atoms with Crippen LogP contribution in [0.2, 0.25) is 0 Å². The average molecular weight is 417 g/mol. The molecule has 3 rings (SSSR count). The molecule has 1 fully saturated rings. The highest BCUT2D eigenvalue weighted by Crippen LogP contribution is 2.15. The Bertz CT molecular complexity index is 909. The van der Waals surface area contributed by atoms with Gasteiger partial charge in [-0.1, -0.05) is 13.0 Å². The van der Waals surface area contributed by atoms with Crippen molar-refractivity contribution in [1.29, 1.82) is 0 Å². The lowest BCUT2D eigenvalue weighted by atomic mass is 10.2. The van der Waals surface area contributed by atoms with Crippen LogP contribution in [0.25, 0.3) is 0 Å². The number of nitrogens with zero attached hydrogens (tertiary/aromatic N) is 3. The summed E-state index contributed by atoms with van der Waals surface area (Å²) in [6, 6.07) is 11.9. The third kappa shape index (κ3) is 5.62. The first kappa shape index (κ1) is 21.4. The molecule has 2 aromatic rings. The number of pyridine rings is 1. The highest BCUT2D eigenvalue weighted by atomic mass is 32.2. The number of rotatable bonds is 7. The quantitative estimate of drug-likeness (QED) is 0.748. The van der Waals surface area contributed by atoms with E-state index >= 15 is 0 Å². The van der Waals surface area contributed by atoms with E-state index in [-0.39, 0.29) is 16.8 Å². The summed E-state index contributed by atoms with van der Waals surface area (Å²) in [7, 11) is -3.56. The second kappa shape index (κ2) is 9.47. The molecular weight excluding hydrogens is 388 g/mol. The normalized spacial score (nSPS) is 16.6. The topological polar surface area (TPSA) is 82.6 Å². The van der Waals surface area contributed by atoms with Gasteiger partial charge in [-0.15, -0.1) is 0 Å². The lowest BCUT2D eigenvalue weighted by molar-refractivity contribution is 0.0627. The Balaban J connectivity index is 1.57. The van der Waals surface area contributed by atoms with Crippen LogP contribution >= 0.6 is 0 Å². The van der Waals surface area contributed by atoms with E-state index < -0.39 is 10.0 Å². The van der Waals surface area contributed by atoms with E-state index in [1.54, 1.807) is 18.3 Å². The molecule has 0 saturated carbocycles. The van der Waals surface area contributed by atoms with Gasteiger partial charge < -0.3 is 4.90 Å². The molecule has 0 spiro atoms. The Morgan fingerprint density at radius 2 is 1.79 bits per heavy atom. The van der Waals surface area contributed by atoms with E-state index in [2.05, 4.69) is 14.6 Å². The molecule has 1 aliphatic rings. The Morgan fingerprint density at radius 1 is 1.10 bits per heavy atom. The zero-order chi connectivity index (χ0) is 20.9. The minimum atomic E-state index is -3.56. The summed E-state index contributed by atoms with van der Waals surface area (Å²) >= 11 is 0. The summed E-state index contributed by atoms with van der Waals surface area (Å²) in [5.41, 5.74) is 1.53. The molecule has 156 valence electrons. The van der Waals surface area contributed by atoms with Crippen LogP contribution in [0.1, 0.15) is 36.3 Å². The van der Waals surface area contributed by atoms with Gasteiger partial charge >= 0.3 is 0 Å². The van der Waals surface area contributed by atoms with Gasteiger partial charge in [0.05, 0.1) is 10.6 Å². The summed E-state index contributed by atoms with van der Waals surface area (Å²) < 4.78 is 27.3. The number of nitrogens with one attached hydrogen (secondary N) is 1. The molecule has 1 saturated heterocycles. The zero-order valence-corrected chi connectivity index (χ0v) is 17.7. The molecule has 1 amide bonds. The van der Waals surface area contributed by atoms with Crippen molar-refractivity contribution >= 4 is 15.9 Å². The van der Waals surface area contributed by atoms with Crippen molar-refractivity contribution < 1.29 is 13.2 Å². The van der Waals surface area contributed by atoms with Crippen molar-refractivity contribution in [2.24, 2.45) is 0 Å². The van der Waals surface area contributed by atoms with Gasteiger partial charge in [0, 0.05) is 50.5 Å². The fourth-order valence-electron chi connectivity index (χ4n) is 3.21. The van der Waals surface area contributed by atoms with Crippen molar-refractivity contribution in [3.8, 4) is 0 Å². The number of hydrogen-bond donors (Lipinski definition) is 1. The smallest absolute Gasteiger partial charge is 0.253 e. The predicted octanol–water partition coefficient (Wildman–Crippen LogP) is 2.12. The molecular formula is C21H28N4O3S. The molecule has 1 aromatic carbocycles. The van der Waals surface area contributed by atoms with Crippen LogP contribution in [0, 0.1) is 0 Å². The third-order valence-electron chi connectivity index (χ3n) is 5.15. The number of benzene rings is 1. The van der Waals surface area contributed by atoms with Gasteiger partial charge in [0.15, 0.2) is 0 Å². The standard InChI is InChI=1S/C21H28N4O3S/c1-3-17(2)23-29(27,28)20-9-7-18(8-10-20)21(26)25-14-12-24(13-15-25)16-19-6-4-5-11-22-19/h4-11,17,23H,3,12-16H2,1-2H3. The van der Waals surface area contributed by atoms with Crippen LogP contribution in [0.3, 0.4) is 0 Å². The Kier molecular flexibility index (Phi) is 7.00. The van der Waals surface area contributed by atoms with Crippen LogP contribution in [0.15, 0.2) is 53.6 Å². The highest BCUT2D eigenvalue weighted by Gasteiger charge is 2.23. The first-order valence-corrected chi connectivity index (χ1v) is 11.4. The van der Waals surface area contributed by atoms with Gasteiger partial charge in [0.1, 0.15) is 0 Å². The molecule has 1 aliphatic heterocycles. The zero-order valence-electron chi connectivity index (χ0n) is 16.9. The molecule has 1 atom stereocenters. The second-order valence-electron chi connectivity index (χ2n) is 7.34. The van der Waals surface area contributed by atoms with Crippen molar-refractivity contribution in [2.75, 3.05) is 26.2 Å². The molecule has 0 radical (unpaired) electrons. The summed E-state index contributed by atoms with van der Waals surface area (Å²) in [5.74, 6) is -0.0682. The van der Waals surface area contributed by atoms with Gasteiger partial charge in [-0.25, -0.2) is 13.1 Å². The summed E-state index contributed by atoms with van der Waals surface area (Å²) in [6.07, 6.45) is 2.50. The van der Waals surface area contributed by atoms with E-state index in [4.69, 9.17) is 0 Å². The van der Waals surface area contributed by atoms with Crippen LogP contribution in [0.5, 0.6) is 0 Å². The van der Waals surface area contributed by atoms with Gasteiger partial charge in [-0.3, -0.25) is 14.7 Å². The minimum Gasteiger partial charge on any atom is -0.336 e. The maximum atomic E-state index is 12.8. The Hall–Kier alpha value is -2.29. The maximum Gasteiger partial charge on any atom is 0.253 e. The van der Waals surface area contributed by atoms with Crippen molar-refractivity contribution in [3.63, 3.8) is 0 Å². The van der Waals surface area contributed by atoms with Gasteiger partial charge in [0.25, 0.3) is 5.91 Å². The molecule has 1 aromatic heterocycles. The van der Waals surface area contributed by atoms with E-state index in [0.717, 1.165) is 25.3 Å². The number of aromatic nitrogens is 1. The number of piperazine rings is 1. The molecule has 2 heterocycles. The summed E-state index contributed by atoms with van der Waals surface area (Å²) in [4.78, 5) is 21.4. The lowest BCUT2D eigenvalue weighted by Gasteiger charge is -2.34. The predicted molar refractivity (Wildman–Crippen MR) is 112 cm³/mol. The SMILES string of the molecule is CCC(C)NS(=O)(=O)c1ccc(C(=O)N2CCN(Cc3ccccn3)CC2)cc1. The molecule has 1 N–H and O–H groups in total. The van der Waals surface area contributed by atoms with E-state index in [1.165, 1.54) is 12.1 Å². The van der Waals surface area contributed by atoms with Crippen LogP contribution < -0.4 is 4.72 Å². The van der Waals surface area contributed by atoms with Crippen LogP contribution in [-0.4, -0.2) is 61.3 Å². The van der Waals surface area contributed by atoms with Crippen molar-refractivity contribution in [1.82, 2.24) is 19.5 Å². The van der Waals surface area contributed by atoms with E-state index in [9.17, 15) is 13.2 Å². The van der Waals surface area contributed by atoms with Crippen molar-refractivity contribution in [2.45, 2.75) is 37.8 Å². The number of amides is 1. The molecule has 1 unspecified atom stereocenters. The van der Waals surface area contributed by atoms with E-state index in [0.29, 0.717) is 25.1 Å². The number of carbonyl (C=O) groups excluding carboxylic acids is 1. The first-order valence-electron chi connectivity index (χ1n) is 9.93. The molecule has 7 nitrogen and oxygen atoms in total. The largest absolute Gasteiger partial charge is 0.336 e. The Labute approximate surface area is 172 Å². The number of carbonyl (C=O) groups is 1. The van der Waals surface area contributed by atoms with E-state index in [1.807, 2.05) is 36.9 Å². The minimum absolute atomic E-state index is 0.0682. The summed E-state index contributed by atoms with van der Waals surface area (Å²) in [5, 5.41) is 0. The van der Waals surface area contributed by atoms with Crippen molar-refractivity contribution in [3.05, 3.63) is 59.9 Å². The van der Waals surface area contributed by atoms with Crippen LogP contribution in [0.4, 0.5) is 0 Å². The molecule has 8 heteroatoms. The average Bonchev–Trinajstić information content (AvgIpc) is 2.74. The van der Waals surface area contributed by atoms with Gasteiger partial charge in [-0.05, 0) is 49.7 Å². The first-order chi connectivity index (χ1) is 13.9. The molecule has 29 heavy (non-hydrogen) atoms. The number of sulfonamides is 1. The second-order valence-corrected chi connectivity index (χ2v) is 9.06. The number of hydrogen-bond acceptors (Lipinski definition) is 5. The maximum absolute atomic E-state index is 12.8. The van der Waals surface area contributed by atoms with Crippen LogP contribution in [-0.2, 0) is 16.6 Å². The molecule has 0 aliphatic carbocycles. The summed E-state index contributed by atoms with van der Waals surface area (Å²) in [6.45, 7) is 7.37. The fraction of sp³-hybridized carbons (Fsp3) is 0.429. The third-order valence-corrected chi connectivity index (χ3v) is 6.76. The van der Waals surface area contributed by atoms with Gasteiger partial charge in [0.2, 0.25) is 10.0 Å². The molecule has 0 bridgehead atoms.